The van der Waals surface area contributed by atoms with Gasteiger partial charge in [0.05, 0.1) is 11.7 Å². The van der Waals surface area contributed by atoms with Crippen LogP contribution in [0.25, 0.3) is 11.1 Å². The molecule has 0 saturated heterocycles. The SMILES string of the molecule is [2H][C@@H](C=C(O)[C@H](C(=O)O)[C@@H]1C[C@@H](OC(=O)c2ccc(-c3ccccc3)cc2)C[C@H]1O)C(C)(C)CCCC. The van der Waals surface area contributed by atoms with Crippen LogP contribution in [0.3, 0.4) is 0 Å². The van der Waals surface area contributed by atoms with E-state index in [-0.39, 0.29) is 12.8 Å². The second-order valence-electron chi connectivity index (χ2n) is 10.3. The van der Waals surface area contributed by atoms with Crippen molar-refractivity contribution in [3.05, 3.63) is 72.0 Å². The molecule has 36 heavy (non-hydrogen) atoms. The second kappa shape index (κ2) is 12.2. The monoisotopic (exact) mass is 495 g/mol. The first-order valence-electron chi connectivity index (χ1n) is 13.2. The predicted molar refractivity (Wildman–Crippen MR) is 140 cm³/mol. The van der Waals surface area contributed by atoms with Gasteiger partial charge in [0.1, 0.15) is 17.8 Å². The zero-order valence-corrected chi connectivity index (χ0v) is 21.3. The van der Waals surface area contributed by atoms with Crippen molar-refractivity contribution in [2.45, 2.75) is 71.5 Å². The number of aliphatic hydroxyl groups excluding tert-OH is 2. The number of hydrogen-bond acceptors (Lipinski definition) is 5. The van der Waals surface area contributed by atoms with Gasteiger partial charge in [-0.15, -0.1) is 0 Å². The fourth-order valence-corrected chi connectivity index (χ4v) is 4.76. The highest BCUT2D eigenvalue weighted by Gasteiger charge is 2.44. The van der Waals surface area contributed by atoms with Gasteiger partial charge >= 0.3 is 11.9 Å². The fourth-order valence-electron chi connectivity index (χ4n) is 4.76. The molecule has 5 atom stereocenters. The van der Waals surface area contributed by atoms with Crippen LogP contribution >= 0.6 is 0 Å². The quantitative estimate of drug-likeness (QED) is 0.246. The Kier molecular flexibility index (Phi) is 8.81. The second-order valence-corrected chi connectivity index (χ2v) is 10.3. The molecule has 6 heteroatoms. The minimum atomic E-state index is -1.38. The first-order valence-corrected chi connectivity index (χ1v) is 12.6. The molecule has 1 fully saturated rings. The summed E-state index contributed by atoms with van der Waals surface area (Å²) >= 11 is 0. The van der Waals surface area contributed by atoms with E-state index in [1.54, 1.807) is 12.1 Å². The molecule has 1 aliphatic rings. The minimum absolute atomic E-state index is 0.0852. The Labute approximate surface area is 215 Å². The summed E-state index contributed by atoms with van der Waals surface area (Å²) in [6.45, 7) is 5.91. The van der Waals surface area contributed by atoms with Crippen molar-refractivity contribution < 1.29 is 31.0 Å². The van der Waals surface area contributed by atoms with Crippen LogP contribution in [0.2, 0.25) is 0 Å². The summed E-state index contributed by atoms with van der Waals surface area (Å²) in [7, 11) is 0. The third-order valence-electron chi connectivity index (χ3n) is 6.93. The number of aliphatic carboxylic acids is 1. The summed E-state index contributed by atoms with van der Waals surface area (Å²) < 4.78 is 14.1. The Morgan fingerprint density at radius 2 is 1.72 bits per heavy atom. The molecule has 0 amide bonds. The molecule has 1 saturated carbocycles. The molecule has 6 nitrogen and oxygen atoms in total. The summed E-state index contributed by atoms with van der Waals surface area (Å²) in [4.78, 5) is 24.8. The average Bonchev–Trinajstić information content (AvgIpc) is 3.22. The fraction of sp³-hybridized carbons (Fsp3) is 0.467. The summed E-state index contributed by atoms with van der Waals surface area (Å²) in [5.41, 5.74) is 1.92. The van der Waals surface area contributed by atoms with Gasteiger partial charge in [0.15, 0.2) is 0 Å². The van der Waals surface area contributed by atoms with Crippen molar-refractivity contribution in [3.8, 4) is 11.1 Å². The Hall–Kier alpha value is -3.12. The maximum Gasteiger partial charge on any atom is 0.338 e. The van der Waals surface area contributed by atoms with E-state index in [1.165, 1.54) is 6.08 Å². The molecule has 0 aromatic heterocycles. The molecule has 0 spiro atoms. The number of ether oxygens (including phenoxy) is 1. The molecular weight excluding hydrogens is 456 g/mol. The number of allylic oxidation sites excluding steroid dienone is 1. The highest BCUT2D eigenvalue weighted by molar-refractivity contribution is 5.90. The molecule has 2 aromatic carbocycles. The van der Waals surface area contributed by atoms with Crippen LogP contribution in [0.5, 0.6) is 0 Å². The molecule has 0 aliphatic heterocycles. The maximum absolute atomic E-state index is 12.7. The van der Waals surface area contributed by atoms with E-state index < -0.39 is 53.6 Å². The Bertz CT molecular complexity index is 1080. The van der Waals surface area contributed by atoms with Crippen molar-refractivity contribution in [3.63, 3.8) is 0 Å². The molecular formula is C30H38O6. The van der Waals surface area contributed by atoms with E-state index in [0.29, 0.717) is 5.56 Å². The highest BCUT2D eigenvalue weighted by atomic mass is 16.5. The molecule has 3 N–H and O–H groups in total. The molecule has 1 aliphatic carbocycles. The number of hydrogen-bond donors (Lipinski definition) is 3. The lowest BCUT2D eigenvalue weighted by atomic mass is 9.82. The lowest BCUT2D eigenvalue weighted by Crippen LogP contribution is -2.31. The van der Waals surface area contributed by atoms with Gasteiger partial charge in [-0.3, -0.25) is 4.79 Å². The van der Waals surface area contributed by atoms with Gasteiger partial charge in [-0.25, -0.2) is 4.79 Å². The van der Waals surface area contributed by atoms with Crippen molar-refractivity contribution in [1.29, 1.82) is 0 Å². The Morgan fingerprint density at radius 3 is 2.33 bits per heavy atom. The zero-order valence-electron chi connectivity index (χ0n) is 22.3. The zero-order chi connectivity index (χ0) is 27.2. The first-order chi connectivity index (χ1) is 17.5. The van der Waals surface area contributed by atoms with E-state index in [9.17, 15) is 24.9 Å². The molecule has 194 valence electrons. The van der Waals surface area contributed by atoms with Gasteiger partial charge in [-0.1, -0.05) is 76.1 Å². The van der Waals surface area contributed by atoms with Crippen molar-refractivity contribution in [1.82, 2.24) is 0 Å². The summed E-state index contributed by atoms with van der Waals surface area (Å²) in [5, 5.41) is 31.2. The predicted octanol–water partition coefficient (Wildman–Crippen LogP) is 6.40. The van der Waals surface area contributed by atoms with Crippen LogP contribution in [-0.4, -0.2) is 39.5 Å². The van der Waals surface area contributed by atoms with E-state index in [4.69, 9.17) is 6.11 Å². The Morgan fingerprint density at radius 1 is 1.08 bits per heavy atom. The van der Waals surface area contributed by atoms with E-state index in [0.717, 1.165) is 30.4 Å². The van der Waals surface area contributed by atoms with Gasteiger partial charge in [-0.05, 0) is 54.0 Å². The number of rotatable bonds is 11. The van der Waals surface area contributed by atoms with Gasteiger partial charge in [0, 0.05) is 13.7 Å². The van der Waals surface area contributed by atoms with Gasteiger partial charge in [0.25, 0.3) is 0 Å². The smallest absolute Gasteiger partial charge is 0.338 e. The lowest BCUT2D eigenvalue weighted by molar-refractivity contribution is -0.144. The number of carboxylic acid groups (broad SMARTS) is 1. The molecule has 0 bridgehead atoms. The number of aliphatic hydroxyl groups is 2. The van der Waals surface area contributed by atoms with Gasteiger partial charge in [-0.2, -0.15) is 0 Å². The lowest BCUT2D eigenvalue weighted by Gasteiger charge is -2.25. The third-order valence-corrected chi connectivity index (χ3v) is 6.93. The number of carbonyl (C=O) groups excluding carboxylic acids is 1. The van der Waals surface area contributed by atoms with Gasteiger partial charge in [0.2, 0.25) is 0 Å². The number of benzene rings is 2. The van der Waals surface area contributed by atoms with Crippen LogP contribution in [-0.2, 0) is 9.53 Å². The van der Waals surface area contributed by atoms with Crippen LogP contribution in [0.1, 0.15) is 71.0 Å². The number of carboxylic acids is 1. The standard InChI is InChI=1S/C30H38O6/c1-4-5-16-30(2,3)17-15-25(31)27(28(33)34)24-18-23(19-26(24)32)36-29(35)22-13-11-21(12-14-22)20-9-7-6-8-10-20/h6-15,23-24,26-27,31-32H,4-5,16-19H2,1-3H3,(H,33,34)/t23-,24-,26-,27-/m1/s1/i17D/t17-,23+,24+,26+,27+/m0. The van der Waals surface area contributed by atoms with Gasteiger partial charge < -0.3 is 20.1 Å². The first kappa shape index (κ1) is 26.0. The van der Waals surface area contributed by atoms with E-state index >= 15 is 0 Å². The van der Waals surface area contributed by atoms with E-state index in [1.807, 2.05) is 56.3 Å². The largest absolute Gasteiger partial charge is 0.512 e. The highest BCUT2D eigenvalue weighted by Crippen LogP contribution is 2.38. The normalized spacial score (nSPS) is 22.5. The summed E-state index contributed by atoms with van der Waals surface area (Å²) in [5.74, 6) is -4.46. The molecule has 2 aromatic rings. The van der Waals surface area contributed by atoms with Crippen LogP contribution < -0.4 is 0 Å². The number of esters is 1. The average molecular weight is 496 g/mol. The van der Waals surface area contributed by atoms with Crippen molar-refractivity contribution in [2.75, 3.05) is 0 Å². The Balaban J connectivity index is 1.67. The maximum atomic E-state index is 12.7. The summed E-state index contributed by atoms with van der Waals surface area (Å²) in [6, 6.07) is 16.8. The molecule has 0 unspecified atom stereocenters. The number of unbranched alkanes of at least 4 members (excludes halogenated alkanes) is 1. The van der Waals surface area contributed by atoms with Crippen LogP contribution in [0.15, 0.2) is 66.4 Å². The van der Waals surface area contributed by atoms with Crippen LogP contribution in [0.4, 0.5) is 0 Å². The molecule has 3 rings (SSSR count). The number of carbonyl (C=O) groups is 2. The van der Waals surface area contributed by atoms with E-state index in [2.05, 4.69) is 6.92 Å². The third kappa shape index (κ3) is 7.20. The minimum Gasteiger partial charge on any atom is -0.512 e. The molecule has 0 heterocycles. The van der Waals surface area contributed by atoms with Crippen molar-refractivity contribution in [2.24, 2.45) is 17.3 Å². The topological polar surface area (TPSA) is 104 Å². The van der Waals surface area contributed by atoms with Crippen LogP contribution in [0, 0.1) is 17.3 Å². The van der Waals surface area contributed by atoms with Crippen molar-refractivity contribution >= 4 is 11.9 Å². The summed E-state index contributed by atoms with van der Waals surface area (Å²) in [6.07, 6.45) is 1.62. The molecule has 0 radical (unpaired) electrons.